The van der Waals surface area contributed by atoms with E-state index in [1.54, 1.807) is 0 Å². The van der Waals surface area contributed by atoms with Crippen molar-refractivity contribution >= 4 is 5.97 Å². The van der Waals surface area contributed by atoms with E-state index in [0.29, 0.717) is 12.8 Å². The molecule has 0 aromatic heterocycles. The van der Waals surface area contributed by atoms with Gasteiger partial charge in [-0.2, -0.15) is 0 Å². The lowest BCUT2D eigenvalue weighted by atomic mass is 10.0. The summed E-state index contributed by atoms with van der Waals surface area (Å²) in [6.45, 7) is 1.53. The largest absolute Gasteiger partial charge is 0.481 e. The van der Waals surface area contributed by atoms with Gasteiger partial charge in [-0.05, 0) is 19.8 Å². The highest BCUT2D eigenvalue weighted by Crippen LogP contribution is 2.48. The highest BCUT2D eigenvalue weighted by Gasteiger charge is 2.54. The Balaban J connectivity index is 2.63. The summed E-state index contributed by atoms with van der Waals surface area (Å²) < 4.78 is 0. The molecule has 2 N–H and O–H groups in total. The van der Waals surface area contributed by atoms with Crippen molar-refractivity contribution in [3.8, 4) is 0 Å². The molecular formula is C6H10O3. The van der Waals surface area contributed by atoms with Crippen LogP contribution in [0.1, 0.15) is 19.8 Å². The van der Waals surface area contributed by atoms with Crippen LogP contribution in [0.4, 0.5) is 0 Å². The minimum atomic E-state index is -0.863. The van der Waals surface area contributed by atoms with Crippen molar-refractivity contribution < 1.29 is 15.0 Å². The van der Waals surface area contributed by atoms with Gasteiger partial charge in [0.15, 0.2) is 0 Å². The molecule has 0 heterocycles. The van der Waals surface area contributed by atoms with Crippen LogP contribution in [0, 0.1) is 5.41 Å². The van der Waals surface area contributed by atoms with Crippen LogP contribution in [-0.2, 0) is 4.79 Å². The molecular weight excluding hydrogens is 120 g/mol. The van der Waals surface area contributed by atoms with Crippen LogP contribution < -0.4 is 0 Å². The molecule has 1 unspecified atom stereocenters. The number of carboxylic acid groups (broad SMARTS) is 1. The predicted octanol–water partition coefficient (Wildman–Crippen LogP) is 0.232. The van der Waals surface area contributed by atoms with E-state index in [0.717, 1.165) is 0 Å². The molecule has 0 saturated heterocycles. The monoisotopic (exact) mass is 130 g/mol. The first-order valence-corrected chi connectivity index (χ1v) is 3.01. The molecule has 1 atom stereocenters. The minimum absolute atomic E-state index is 0.625. The molecule has 3 heteroatoms. The molecule has 0 bridgehead atoms. The lowest BCUT2D eigenvalue weighted by molar-refractivity contribution is -0.147. The highest BCUT2D eigenvalue weighted by atomic mass is 16.4. The standard InChI is InChI=1S/C6H10O3/c1-4(7)6(2-3-6)5(8)9/h4,7H,2-3H2,1H3,(H,8,9). The molecule has 1 aliphatic rings. The molecule has 1 rings (SSSR count). The zero-order valence-corrected chi connectivity index (χ0v) is 5.29. The second-order valence-electron chi connectivity index (χ2n) is 2.64. The molecule has 0 amide bonds. The van der Waals surface area contributed by atoms with Crippen molar-refractivity contribution in [1.82, 2.24) is 0 Å². The molecule has 0 spiro atoms. The van der Waals surface area contributed by atoms with E-state index in [-0.39, 0.29) is 0 Å². The molecule has 0 aromatic carbocycles. The number of hydrogen-bond donors (Lipinski definition) is 2. The van der Waals surface area contributed by atoms with Crippen LogP contribution in [0.15, 0.2) is 0 Å². The zero-order chi connectivity index (χ0) is 7.07. The molecule has 9 heavy (non-hydrogen) atoms. The van der Waals surface area contributed by atoms with Gasteiger partial charge in [0.1, 0.15) is 0 Å². The Bertz CT molecular complexity index is 135. The van der Waals surface area contributed by atoms with E-state index in [9.17, 15) is 4.79 Å². The van der Waals surface area contributed by atoms with Gasteiger partial charge in [-0.25, -0.2) is 0 Å². The van der Waals surface area contributed by atoms with Crippen LogP contribution in [0.2, 0.25) is 0 Å². The van der Waals surface area contributed by atoms with E-state index >= 15 is 0 Å². The molecule has 0 aromatic rings. The van der Waals surface area contributed by atoms with Gasteiger partial charge in [-0.15, -0.1) is 0 Å². The van der Waals surface area contributed by atoms with Crippen molar-refractivity contribution in [2.75, 3.05) is 0 Å². The SMILES string of the molecule is CC(O)C1(C(=O)O)CC1. The Labute approximate surface area is 53.3 Å². The van der Waals surface area contributed by atoms with E-state index in [2.05, 4.69) is 0 Å². The Morgan fingerprint density at radius 3 is 2.11 bits per heavy atom. The van der Waals surface area contributed by atoms with Gasteiger partial charge in [0, 0.05) is 0 Å². The average molecular weight is 130 g/mol. The van der Waals surface area contributed by atoms with Gasteiger partial charge < -0.3 is 10.2 Å². The summed E-state index contributed by atoms with van der Waals surface area (Å²) in [6.07, 6.45) is 0.551. The summed E-state index contributed by atoms with van der Waals surface area (Å²) in [4.78, 5) is 10.4. The van der Waals surface area contributed by atoms with Crippen molar-refractivity contribution in [2.45, 2.75) is 25.9 Å². The average Bonchev–Trinajstić information content (AvgIpc) is 2.40. The lowest BCUT2D eigenvalue weighted by Gasteiger charge is -2.11. The number of carbonyl (C=O) groups is 1. The van der Waals surface area contributed by atoms with Crippen LogP contribution in [0.5, 0.6) is 0 Å². The summed E-state index contributed by atoms with van der Waals surface area (Å²) in [5, 5.41) is 17.4. The Hall–Kier alpha value is -0.570. The molecule has 1 fully saturated rings. The Morgan fingerprint density at radius 1 is 1.67 bits per heavy atom. The molecule has 0 aliphatic heterocycles. The van der Waals surface area contributed by atoms with E-state index in [1.165, 1.54) is 6.92 Å². The molecule has 1 aliphatic carbocycles. The molecule has 1 saturated carbocycles. The quantitative estimate of drug-likeness (QED) is 0.562. The summed E-state index contributed by atoms with van der Waals surface area (Å²) in [7, 11) is 0. The van der Waals surface area contributed by atoms with Crippen LogP contribution in [-0.4, -0.2) is 22.3 Å². The fourth-order valence-electron chi connectivity index (χ4n) is 0.945. The first kappa shape index (κ1) is 6.55. The van der Waals surface area contributed by atoms with Crippen molar-refractivity contribution in [3.63, 3.8) is 0 Å². The Morgan fingerprint density at radius 2 is 2.11 bits per heavy atom. The van der Waals surface area contributed by atoms with Crippen LogP contribution in [0.25, 0.3) is 0 Å². The summed E-state index contributed by atoms with van der Waals surface area (Å²) >= 11 is 0. The third-order valence-corrected chi connectivity index (χ3v) is 2.01. The van der Waals surface area contributed by atoms with Gasteiger partial charge in [-0.1, -0.05) is 0 Å². The molecule has 3 nitrogen and oxygen atoms in total. The van der Waals surface area contributed by atoms with Crippen LogP contribution >= 0.6 is 0 Å². The number of carboxylic acids is 1. The molecule has 0 radical (unpaired) electrons. The minimum Gasteiger partial charge on any atom is -0.481 e. The Kier molecular flexibility index (Phi) is 1.24. The number of hydrogen-bond acceptors (Lipinski definition) is 2. The summed E-state index contributed by atoms with van der Waals surface area (Å²) in [5.41, 5.74) is -0.778. The first-order chi connectivity index (χ1) is 4.09. The zero-order valence-electron chi connectivity index (χ0n) is 5.29. The fourth-order valence-corrected chi connectivity index (χ4v) is 0.945. The third kappa shape index (κ3) is 0.812. The predicted molar refractivity (Wildman–Crippen MR) is 31.0 cm³/mol. The topological polar surface area (TPSA) is 57.5 Å². The summed E-state index contributed by atoms with van der Waals surface area (Å²) in [5.74, 6) is -0.863. The van der Waals surface area contributed by atoms with Gasteiger partial charge in [0.25, 0.3) is 0 Å². The lowest BCUT2D eigenvalue weighted by Crippen LogP contribution is -2.27. The smallest absolute Gasteiger partial charge is 0.312 e. The molecule has 52 valence electrons. The number of aliphatic carboxylic acids is 1. The van der Waals surface area contributed by atoms with E-state index in [1.807, 2.05) is 0 Å². The fraction of sp³-hybridized carbons (Fsp3) is 0.833. The van der Waals surface area contributed by atoms with E-state index in [4.69, 9.17) is 10.2 Å². The van der Waals surface area contributed by atoms with E-state index < -0.39 is 17.5 Å². The second kappa shape index (κ2) is 1.70. The van der Waals surface area contributed by atoms with Crippen molar-refractivity contribution in [2.24, 2.45) is 5.41 Å². The number of rotatable bonds is 2. The third-order valence-electron chi connectivity index (χ3n) is 2.01. The maximum atomic E-state index is 10.4. The number of aliphatic hydroxyl groups is 1. The normalized spacial score (nSPS) is 25.1. The first-order valence-electron chi connectivity index (χ1n) is 3.01. The maximum absolute atomic E-state index is 10.4. The summed E-state index contributed by atoms with van der Waals surface area (Å²) in [6, 6.07) is 0. The van der Waals surface area contributed by atoms with Gasteiger partial charge >= 0.3 is 5.97 Å². The number of aliphatic hydroxyl groups excluding tert-OH is 1. The van der Waals surface area contributed by atoms with Crippen molar-refractivity contribution in [3.05, 3.63) is 0 Å². The second-order valence-corrected chi connectivity index (χ2v) is 2.64. The maximum Gasteiger partial charge on any atom is 0.312 e. The van der Waals surface area contributed by atoms with Crippen molar-refractivity contribution in [1.29, 1.82) is 0 Å². The van der Waals surface area contributed by atoms with Gasteiger partial charge in [0.05, 0.1) is 11.5 Å². The highest BCUT2D eigenvalue weighted by molar-refractivity contribution is 5.78. The van der Waals surface area contributed by atoms with Gasteiger partial charge in [0.2, 0.25) is 0 Å². The van der Waals surface area contributed by atoms with Gasteiger partial charge in [-0.3, -0.25) is 4.79 Å². The van der Waals surface area contributed by atoms with Crippen LogP contribution in [0.3, 0.4) is 0 Å².